The summed E-state index contributed by atoms with van der Waals surface area (Å²) in [5.74, 6) is -1.07. The summed E-state index contributed by atoms with van der Waals surface area (Å²) in [6, 6.07) is 4.25. The monoisotopic (exact) mass is 454 g/mol. The molecule has 1 aliphatic rings. The number of nitrogens with zero attached hydrogens (tertiary/aromatic N) is 3. The van der Waals surface area contributed by atoms with Gasteiger partial charge < -0.3 is 14.6 Å². The van der Waals surface area contributed by atoms with Crippen LogP contribution in [-0.4, -0.2) is 27.6 Å². The van der Waals surface area contributed by atoms with Crippen LogP contribution < -0.4 is 15.6 Å². The normalized spacial score (nSPS) is 15.9. The maximum atomic E-state index is 14.7. The van der Waals surface area contributed by atoms with Crippen molar-refractivity contribution in [2.75, 3.05) is 5.32 Å². The van der Waals surface area contributed by atoms with E-state index in [0.717, 1.165) is 10.6 Å². The summed E-state index contributed by atoms with van der Waals surface area (Å²) >= 11 is 0. The number of nitrogens with one attached hydrogen (secondary N) is 1. The molecule has 1 N–H and O–H groups in total. The smallest absolute Gasteiger partial charge is 0.387 e. The number of fused-ring (bicyclic) bond motifs is 1. The Morgan fingerprint density at radius 3 is 2.53 bits per heavy atom. The number of alkyl halides is 4. The van der Waals surface area contributed by atoms with Gasteiger partial charge in [-0.1, -0.05) is 12.1 Å². The molecular formula is C21H19F5N4O2. The topological polar surface area (TPSA) is 69.0 Å². The molecule has 170 valence electrons. The van der Waals surface area contributed by atoms with Crippen molar-refractivity contribution in [2.24, 2.45) is 0 Å². The van der Waals surface area contributed by atoms with Gasteiger partial charge in [0.2, 0.25) is 0 Å². The Bertz CT molecular complexity index is 1230. The molecule has 1 fully saturated rings. The van der Waals surface area contributed by atoms with Crippen LogP contribution in [0.4, 0.5) is 27.8 Å². The number of anilines is 1. The van der Waals surface area contributed by atoms with Crippen LogP contribution in [0.25, 0.3) is 10.9 Å². The third kappa shape index (κ3) is 3.87. The minimum atomic E-state index is -3.18. The molecule has 32 heavy (non-hydrogen) atoms. The molecule has 3 aromatic rings. The summed E-state index contributed by atoms with van der Waals surface area (Å²) < 4.78 is 72.1. The van der Waals surface area contributed by atoms with Gasteiger partial charge in [0.25, 0.3) is 12.0 Å². The zero-order valence-electron chi connectivity index (χ0n) is 17.1. The van der Waals surface area contributed by atoms with Gasteiger partial charge in [-0.3, -0.25) is 4.79 Å². The molecule has 1 atom stereocenters. The molecule has 0 saturated heterocycles. The Morgan fingerprint density at radius 1 is 1.19 bits per heavy atom. The van der Waals surface area contributed by atoms with E-state index >= 15 is 0 Å². The molecule has 4 rings (SSSR count). The van der Waals surface area contributed by atoms with Crippen molar-refractivity contribution in [2.45, 2.75) is 51.3 Å². The van der Waals surface area contributed by atoms with E-state index < -0.39 is 41.7 Å². The number of ether oxygens (including phenoxy) is 1. The molecule has 2 heterocycles. The van der Waals surface area contributed by atoms with Crippen molar-refractivity contribution in [1.29, 1.82) is 0 Å². The SMILES string of the molecule is Cc1nc(NC(C)c2cccc(OC(F)F)c2F)c2cn(C3(C(F)F)CC3)c(=O)cc2n1. The third-order valence-corrected chi connectivity index (χ3v) is 5.52. The van der Waals surface area contributed by atoms with Crippen LogP contribution in [-0.2, 0) is 5.54 Å². The van der Waals surface area contributed by atoms with Gasteiger partial charge in [-0.15, -0.1) is 0 Å². The van der Waals surface area contributed by atoms with Crippen LogP contribution in [0.5, 0.6) is 5.75 Å². The van der Waals surface area contributed by atoms with Gasteiger partial charge in [0.05, 0.1) is 16.9 Å². The summed E-state index contributed by atoms with van der Waals surface area (Å²) in [5.41, 5.74) is -1.87. The standard InChI is InChI=1S/C21H19F5N4O2/c1-10(12-4-3-5-15(17(12)22)32-20(25)26)27-18-13-9-30(21(6-7-21)19(23)24)16(31)8-14(13)28-11(2)29-18/h3-5,8-10,19-20H,6-7H2,1-2H3,(H,27,28,29). The molecule has 1 aromatic carbocycles. The highest BCUT2D eigenvalue weighted by Gasteiger charge is 2.53. The average Bonchev–Trinajstić information content (AvgIpc) is 3.50. The molecule has 1 aliphatic carbocycles. The van der Waals surface area contributed by atoms with Crippen LogP contribution in [0, 0.1) is 12.7 Å². The van der Waals surface area contributed by atoms with E-state index in [9.17, 15) is 26.7 Å². The van der Waals surface area contributed by atoms with Crippen molar-refractivity contribution in [3.63, 3.8) is 0 Å². The number of aryl methyl sites for hydroxylation is 1. The van der Waals surface area contributed by atoms with E-state index in [0.29, 0.717) is 11.2 Å². The van der Waals surface area contributed by atoms with Gasteiger partial charge in [-0.05, 0) is 32.8 Å². The first-order valence-corrected chi connectivity index (χ1v) is 9.82. The lowest BCUT2D eigenvalue weighted by Gasteiger charge is -2.21. The van der Waals surface area contributed by atoms with Crippen molar-refractivity contribution in [3.05, 3.63) is 58.0 Å². The van der Waals surface area contributed by atoms with Crippen molar-refractivity contribution < 1.29 is 26.7 Å². The second-order valence-corrected chi connectivity index (χ2v) is 7.71. The minimum absolute atomic E-state index is 0.0344. The zero-order valence-corrected chi connectivity index (χ0v) is 17.1. The highest BCUT2D eigenvalue weighted by atomic mass is 19.3. The average molecular weight is 454 g/mol. The second-order valence-electron chi connectivity index (χ2n) is 7.71. The molecule has 0 radical (unpaired) electrons. The summed E-state index contributed by atoms with van der Waals surface area (Å²) in [6.07, 6.45) is -1.09. The highest BCUT2D eigenvalue weighted by molar-refractivity contribution is 5.88. The highest BCUT2D eigenvalue weighted by Crippen LogP contribution is 2.48. The van der Waals surface area contributed by atoms with Gasteiger partial charge in [0.1, 0.15) is 17.2 Å². The van der Waals surface area contributed by atoms with Crippen LogP contribution >= 0.6 is 0 Å². The van der Waals surface area contributed by atoms with E-state index in [1.807, 2.05) is 0 Å². The quantitative estimate of drug-likeness (QED) is 0.521. The van der Waals surface area contributed by atoms with Crippen molar-refractivity contribution >= 4 is 16.7 Å². The number of pyridine rings is 1. The number of hydrogen-bond donors (Lipinski definition) is 1. The van der Waals surface area contributed by atoms with E-state index in [2.05, 4.69) is 20.0 Å². The van der Waals surface area contributed by atoms with Gasteiger partial charge in [-0.2, -0.15) is 8.78 Å². The van der Waals surface area contributed by atoms with E-state index in [4.69, 9.17) is 0 Å². The predicted octanol–water partition coefficient (Wildman–Crippen LogP) is 4.77. The van der Waals surface area contributed by atoms with Crippen LogP contribution in [0.15, 0.2) is 35.3 Å². The number of rotatable bonds is 7. The predicted molar refractivity (Wildman–Crippen MR) is 107 cm³/mol. The van der Waals surface area contributed by atoms with Crippen LogP contribution in [0.1, 0.15) is 37.2 Å². The van der Waals surface area contributed by atoms with Crippen molar-refractivity contribution in [3.8, 4) is 5.75 Å². The minimum Gasteiger partial charge on any atom is -0.432 e. The Hall–Kier alpha value is -3.24. The van der Waals surface area contributed by atoms with Crippen LogP contribution in [0.2, 0.25) is 0 Å². The third-order valence-electron chi connectivity index (χ3n) is 5.52. The maximum absolute atomic E-state index is 14.7. The van der Waals surface area contributed by atoms with E-state index in [1.165, 1.54) is 24.4 Å². The molecule has 6 nitrogen and oxygen atoms in total. The van der Waals surface area contributed by atoms with Gasteiger partial charge in [0.15, 0.2) is 11.6 Å². The fourth-order valence-corrected chi connectivity index (χ4v) is 3.70. The maximum Gasteiger partial charge on any atom is 0.387 e. The van der Waals surface area contributed by atoms with E-state index in [1.54, 1.807) is 13.8 Å². The molecule has 0 spiro atoms. The molecule has 11 heteroatoms. The second kappa shape index (κ2) is 8.03. The molecule has 1 saturated carbocycles. The summed E-state index contributed by atoms with van der Waals surface area (Å²) in [7, 11) is 0. The first-order valence-electron chi connectivity index (χ1n) is 9.82. The molecule has 1 unspecified atom stereocenters. The van der Waals surface area contributed by atoms with Crippen molar-refractivity contribution in [1.82, 2.24) is 14.5 Å². The van der Waals surface area contributed by atoms with Gasteiger partial charge in [-0.25, -0.2) is 23.1 Å². The fourth-order valence-electron chi connectivity index (χ4n) is 3.70. The molecule has 0 bridgehead atoms. The molecule has 0 aliphatic heterocycles. The number of hydrogen-bond acceptors (Lipinski definition) is 5. The zero-order chi connectivity index (χ0) is 23.2. The number of benzene rings is 1. The largest absolute Gasteiger partial charge is 0.432 e. The number of halogens is 5. The molecular weight excluding hydrogens is 435 g/mol. The molecule has 0 amide bonds. The van der Waals surface area contributed by atoms with Gasteiger partial charge >= 0.3 is 6.61 Å². The Kier molecular flexibility index (Phi) is 5.51. The Balaban J connectivity index is 1.76. The Labute approximate surface area is 179 Å². The summed E-state index contributed by atoms with van der Waals surface area (Å²) in [5, 5.41) is 3.27. The first-order chi connectivity index (χ1) is 15.1. The summed E-state index contributed by atoms with van der Waals surface area (Å²) in [4.78, 5) is 21.0. The fraction of sp³-hybridized carbons (Fsp3) is 0.381. The lowest BCUT2D eigenvalue weighted by molar-refractivity contribution is -0.0522. The van der Waals surface area contributed by atoms with Gasteiger partial charge in [0, 0.05) is 17.8 Å². The Morgan fingerprint density at radius 2 is 1.91 bits per heavy atom. The lowest BCUT2D eigenvalue weighted by atomic mass is 10.1. The van der Waals surface area contributed by atoms with E-state index in [-0.39, 0.29) is 29.7 Å². The van der Waals surface area contributed by atoms with Crippen LogP contribution in [0.3, 0.4) is 0 Å². The lowest BCUT2D eigenvalue weighted by Crippen LogP contribution is -2.35. The first kappa shape index (κ1) is 22.0. The molecule has 2 aromatic heterocycles. The summed E-state index contributed by atoms with van der Waals surface area (Å²) in [6.45, 7) is -0.0244. The number of aromatic nitrogens is 3.